The highest BCUT2D eigenvalue weighted by atomic mass is 16.2. The zero-order chi connectivity index (χ0) is 22.8. The van der Waals surface area contributed by atoms with Gasteiger partial charge in [0.15, 0.2) is 5.78 Å². The number of hydrogen-bond donors (Lipinski definition) is 0. The van der Waals surface area contributed by atoms with E-state index in [4.69, 9.17) is 0 Å². The van der Waals surface area contributed by atoms with Crippen LogP contribution in [0.2, 0.25) is 0 Å². The topological polar surface area (TPSA) is 40.6 Å². The fourth-order valence-electron chi connectivity index (χ4n) is 4.33. The molecule has 4 nitrogen and oxygen atoms in total. The van der Waals surface area contributed by atoms with Crippen LogP contribution in [0.1, 0.15) is 38.8 Å². The molecule has 0 aliphatic carbocycles. The summed E-state index contributed by atoms with van der Waals surface area (Å²) >= 11 is 0. The molecule has 4 heteroatoms. The third-order valence-corrected chi connectivity index (χ3v) is 6.04. The molecule has 0 fully saturated rings. The minimum Gasteiger partial charge on any atom is -0.377 e. The summed E-state index contributed by atoms with van der Waals surface area (Å²) in [6, 6.07) is 21.4. The number of benzene rings is 3. The number of fused-ring (bicyclic) bond motifs is 1. The minimum absolute atomic E-state index is 0.0538. The van der Waals surface area contributed by atoms with E-state index in [9.17, 15) is 9.59 Å². The summed E-state index contributed by atoms with van der Waals surface area (Å²) in [5.41, 5.74) is 7.35. The lowest BCUT2D eigenvalue weighted by Crippen LogP contribution is -2.28. The molecule has 0 radical (unpaired) electrons. The van der Waals surface area contributed by atoms with Gasteiger partial charge in [0.1, 0.15) is 0 Å². The number of aryl methyl sites for hydroxylation is 1. The van der Waals surface area contributed by atoms with Crippen molar-refractivity contribution in [2.75, 3.05) is 25.5 Å². The first-order chi connectivity index (χ1) is 15.4. The maximum Gasteiger partial charge on any atom is 0.254 e. The van der Waals surface area contributed by atoms with Crippen LogP contribution in [0.25, 0.3) is 11.1 Å². The van der Waals surface area contributed by atoms with Gasteiger partial charge in [-0.1, -0.05) is 68.1 Å². The average Bonchev–Trinajstić information content (AvgIpc) is 3.13. The molecule has 3 aromatic rings. The summed E-state index contributed by atoms with van der Waals surface area (Å²) in [6.07, 6.45) is 0.963. The Morgan fingerprint density at radius 3 is 2.41 bits per heavy atom. The zero-order valence-electron chi connectivity index (χ0n) is 18.9. The maximum absolute atomic E-state index is 13.1. The number of rotatable bonds is 7. The van der Waals surface area contributed by atoms with Crippen molar-refractivity contribution in [1.29, 1.82) is 0 Å². The number of carbonyl (C=O) groups is 2. The summed E-state index contributed by atoms with van der Waals surface area (Å²) < 4.78 is 0. The molecule has 1 aliphatic heterocycles. The summed E-state index contributed by atoms with van der Waals surface area (Å²) in [6.45, 7) is 6.82. The van der Waals surface area contributed by atoms with Gasteiger partial charge < -0.3 is 9.80 Å². The first-order valence-electron chi connectivity index (χ1n) is 10.9. The predicted octanol–water partition coefficient (Wildman–Crippen LogP) is 5.38. The number of anilines is 1. The Morgan fingerprint density at radius 1 is 1.00 bits per heavy atom. The Morgan fingerprint density at radius 2 is 1.72 bits per heavy atom. The number of amides is 1. The average molecular weight is 425 g/mol. The summed E-state index contributed by atoms with van der Waals surface area (Å²) in [7, 11) is 4.10. The molecular weight excluding hydrogens is 396 g/mol. The summed E-state index contributed by atoms with van der Waals surface area (Å²) in [5, 5.41) is 0. The van der Waals surface area contributed by atoms with Crippen molar-refractivity contribution in [1.82, 2.24) is 4.90 Å². The fourth-order valence-corrected chi connectivity index (χ4v) is 4.33. The van der Waals surface area contributed by atoms with Crippen LogP contribution in [0.15, 0.2) is 78.9 Å². The summed E-state index contributed by atoms with van der Waals surface area (Å²) in [4.78, 5) is 29.7. The number of Topliss-reactive ketones (excluding diaryl/α,β-unsaturated/α-hetero) is 1. The Hall–Kier alpha value is -3.66. The number of nitrogens with zero attached hydrogens (tertiary/aromatic N) is 2. The predicted molar refractivity (Wildman–Crippen MR) is 130 cm³/mol. The largest absolute Gasteiger partial charge is 0.377 e. The van der Waals surface area contributed by atoms with Crippen LogP contribution in [0.5, 0.6) is 0 Å². The van der Waals surface area contributed by atoms with Crippen LogP contribution in [0, 0.1) is 0 Å². The van der Waals surface area contributed by atoms with Gasteiger partial charge in [-0.2, -0.15) is 0 Å². The molecule has 0 bridgehead atoms. The van der Waals surface area contributed by atoms with E-state index in [1.807, 2.05) is 44.4 Å². The van der Waals surface area contributed by atoms with E-state index in [1.54, 1.807) is 17.0 Å². The van der Waals surface area contributed by atoms with E-state index in [1.165, 1.54) is 11.3 Å². The number of ketones is 1. The quantitative estimate of drug-likeness (QED) is 0.378. The van der Waals surface area contributed by atoms with Crippen molar-refractivity contribution in [2.45, 2.75) is 19.9 Å². The smallest absolute Gasteiger partial charge is 0.254 e. The van der Waals surface area contributed by atoms with Gasteiger partial charge in [0, 0.05) is 49.6 Å². The molecule has 0 atom stereocenters. The molecule has 3 aromatic carbocycles. The molecule has 0 saturated carbocycles. The molecule has 1 heterocycles. The van der Waals surface area contributed by atoms with E-state index >= 15 is 0 Å². The highest BCUT2D eigenvalue weighted by Gasteiger charge is 2.30. The Balaban J connectivity index is 1.61. The molecule has 0 N–H and O–H groups in total. The van der Waals surface area contributed by atoms with Gasteiger partial charge in [-0.05, 0) is 40.8 Å². The first kappa shape index (κ1) is 21.6. The molecular formula is C28H28N2O2. The standard InChI is InChI=1S/C28H28N2O2/c1-5-20-14-15-22(16-26(20)29(3)4)23-12-9-13-24-25(23)18-30(28(24)32)17-19(2)27(31)21-10-7-6-8-11-21/h6-16H,2,5,17-18H2,1,3-4H3. The van der Waals surface area contributed by atoms with Crippen molar-refractivity contribution < 1.29 is 9.59 Å². The highest BCUT2D eigenvalue weighted by molar-refractivity contribution is 6.09. The third kappa shape index (κ3) is 3.96. The van der Waals surface area contributed by atoms with Gasteiger partial charge in [-0.15, -0.1) is 0 Å². The molecule has 1 aliphatic rings. The second kappa shape index (κ2) is 8.83. The van der Waals surface area contributed by atoms with Crippen LogP contribution in [0.3, 0.4) is 0 Å². The van der Waals surface area contributed by atoms with Crippen molar-refractivity contribution in [3.63, 3.8) is 0 Å². The minimum atomic E-state index is -0.125. The molecule has 162 valence electrons. The van der Waals surface area contributed by atoms with Gasteiger partial charge in [0.25, 0.3) is 5.91 Å². The second-order valence-electron chi connectivity index (χ2n) is 8.38. The van der Waals surface area contributed by atoms with E-state index in [0.29, 0.717) is 23.2 Å². The molecule has 0 aromatic heterocycles. The van der Waals surface area contributed by atoms with Gasteiger partial charge in [-0.25, -0.2) is 0 Å². The molecule has 1 amide bonds. The summed E-state index contributed by atoms with van der Waals surface area (Å²) in [5.74, 6) is -0.178. The first-order valence-corrected chi connectivity index (χ1v) is 10.9. The molecule has 0 unspecified atom stereocenters. The number of carbonyl (C=O) groups excluding carboxylic acids is 2. The molecule has 32 heavy (non-hydrogen) atoms. The molecule has 0 saturated heterocycles. The Bertz CT molecular complexity index is 1200. The van der Waals surface area contributed by atoms with Crippen LogP contribution in [-0.2, 0) is 13.0 Å². The third-order valence-electron chi connectivity index (χ3n) is 6.04. The maximum atomic E-state index is 13.1. The molecule has 0 spiro atoms. The lowest BCUT2D eigenvalue weighted by molar-refractivity contribution is 0.0788. The van der Waals surface area contributed by atoms with E-state index in [2.05, 4.69) is 42.7 Å². The normalized spacial score (nSPS) is 12.6. The Labute approximate surface area is 189 Å². The lowest BCUT2D eigenvalue weighted by Gasteiger charge is -2.19. The van der Waals surface area contributed by atoms with E-state index < -0.39 is 0 Å². The van der Waals surface area contributed by atoms with Crippen LogP contribution < -0.4 is 4.90 Å². The highest BCUT2D eigenvalue weighted by Crippen LogP contribution is 2.35. The van der Waals surface area contributed by atoms with Gasteiger partial charge in [-0.3, -0.25) is 9.59 Å². The van der Waals surface area contributed by atoms with E-state index in [0.717, 1.165) is 23.1 Å². The lowest BCUT2D eigenvalue weighted by atomic mass is 9.95. The fraction of sp³-hybridized carbons (Fsp3) is 0.214. The van der Waals surface area contributed by atoms with Gasteiger partial charge >= 0.3 is 0 Å². The van der Waals surface area contributed by atoms with Gasteiger partial charge in [0.05, 0.1) is 0 Å². The Kier molecular flexibility index (Phi) is 5.95. The van der Waals surface area contributed by atoms with Crippen LogP contribution >= 0.6 is 0 Å². The number of hydrogen-bond acceptors (Lipinski definition) is 3. The van der Waals surface area contributed by atoms with Crippen LogP contribution in [-0.4, -0.2) is 37.2 Å². The van der Waals surface area contributed by atoms with E-state index in [-0.39, 0.29) is 18.2 Å². The zero-order valence-corrected chi connectivity index (χ0v) is 18.9. The van der Waals surface area contributed by atoms with Crippen molar-refractivity contribution in [2.24, 2.45) is 0 Å². The SMILES string of the molecule is C=C(CN1Cc2c(cccc2-c2ccc(CC)c(N(C)C)c2)C1=O)C(=O)c1ccccc1. The second-order valence-corrected chi connectivity index (χ2v) is 8.38. The monoisotopic (exact) mass is 424 g/mol. The van der Waals surface area contributed by atoms with Crippen LogP contribution in [0.4, 0.5) is 5.69 Å². The van der Waals surface area contributed by atoms with Crippen molar-refractivity contribution in [3.05, 3.63) is 101 Å². The van der Waals surface area contributed by atoms with Crippen molar-refractivity contribution in [3.8, 4) is 11.1 Å². The molecule has 4 rings (SSSR count). The van der Waals surface area contributed by atoms with Gasteiger partial charge in [0.2, 0.25) is 0 Å². The van der Waals surface area contributed by atoms with Crippen molar-refractivity contribution >= 4 is 17.4 Å².